The molecule has 1 aromatic carbocycles. The van der Waals surface area contributed by atoms with Crippen LogP contribution in [0.1, 0.15) is 34.1 Å². The van der Waals surface area contributed by atoms with Crippen LogP contribution >= 0.6 is 23.1 Å². The summed E-state index contributed by atoms with van der Waals surface area (Å²) >= 11 is 2.85. The lowest BCUT2D eigenvalue weighted by molar-refractivity contribution is -0.115. The van der Waals surface area contributed by atoms with Crippen LogP contribution in [0.25, 0.3) is 0 Å². The summed E-state index contributed by atoms with van der Waals surface area (Å²) in [5.74, 6) is -0.297. The molecular weight excluding hydrogens is 361 g/mol. The van der Waals surface area contributed by atoms with E-state index >= 15 is 0 Å². The number of thioether (sulfide) groups is 1. The Kier molecular flexibility index (Phi) is 7.01. The second-order valence-corrected chi connectivity index (χ2v) is 7.70. The molecule has 1 heterocycles. The van der Waals surface area contributed by atoms with Crippen LogP contribution in [0.4, 0.5) is 9.39 Å². The summed E-state index contributed by atoms with van der Waals surface area (Å²) in [7, 11) is 0. The minimum atomic E-state index is -0.416. The third kappa shape index (κ3) is 5.31. The average Bonchev–Trinajstić information content (AvgIpc) is 2.83. The van der Waals surface area contributed by atoms with Gasteiger partial charge in [-0.3, -0.25) is 4.79 Å². The van der Waals surface area contributed by atoms with Gasteiger partial charge in [0, 0.05) is 21.9 Å². The summed E-state index contributed by atoms with van der Waals surface area (Å²) in [6, 6.07) is 6.15. The molecule has 0 radical (unpaired) electrons. The van der Waals surface area contributed by atoms with Crippen LogP contribution in [-0.2, 0) is 9.53 Å². The number of benzene rings is 1. The van der Waals surface area contributed by atoms with Crippen molar-refractivity contribution in [2.45, 2.75) is 32.1 Å². The molecule has 134 valence electrons. The molecule has 7 heteroatoms. The summed E-state index contributed by atoms with van der Waals surface area (Å²) in [5.41, 5.74) is 1.27. The Labute approximate surface area is 154 Å². The Hall–Kier alpha value is -1.86. The topological polar surface area (TPSA) is 55.4 Å². The quantitative estimate of drug-likeness (QED) is 0.553. The van der Waals surface area contributed by atoms with Crippen molar-refractivity contribution in [2.24, 2.45) is 0 Å². The van der Waals surface area contributed by atoms with Crippen molar-refractivity contribution in [3.8, 4) is 0 Å². The number of anilines is 1. The van der Waals surface area contributed by atoms with Crippen LogP contribution in [-0.4, -0.2) is 24.2 Å². The number of carbonyl (C=O) groups is 2. The highest BCUT2D eigenvalue weighted by Gasteiger charge is 2.21. The first-order chi connectivity index (χ1) is 11.9. The third-order valence-electron chi connectivity index (χ3n) is 3.53. The molecule has 0 aliphatic heterocycles. The lowest BCUT2D eigenvalue weighted by atomic mass is 10.1. The second-order valence-electron chi connectivity index (χ2n) is 5.31. The van der Waals surface area contributed by atoms with Gasteiger partial charge in [0.1, 0.15) is 10.8 Å². The van der Waals surface area contributed by atoms with Gasteiger partial charge in [0.2, 0.25) is 5.91 Å². The maximum atomic E-state index is 12.9. The number of hydrogen-bond donors (Lipinski definition) is 1. The molecule has 0 saturated heterocycles. The van der Waals surface area contributed by atoms with Crippen molar-refractivity contribution in [3.05, 3.63) is 46.1 Å². The normalized spacial score (nSPS) is 10.6. The van der Waals surface area contributed by atoms with Gasteiger partial charge in [-0.25, -0.2) is 9.18 Å². The Morgan fingerprint density at radius 3 is 2.56 bits per heavy atom. The first-order valence-electron chi connectivity index (χ1n) is 7.87. The molecule has 0 aliphatic carbocycles. The van der Waals surface area contributed by atoms with Crippen LogP contribution in [0.5, 0.6) is 0 Å². The molecule has 25 heavy (non-hydrogen) atoms. The largest absolute Gasteiger partial charge is 0.462 e. The summed E-state index contributed by atoms with van der Waals surface area (Å²) < 4.78 is 17.9. The fraction of sp³-hybridized carbons (Fsp3) is 0.333. The fourth-order valence-corrected chi connectivity index (χ4v) is 4.06. The van der Waals surface area contributed by atoms with E-state index in [1.54, 1.807) is 19.1 Å². The van der Waals surface area contributed by atoms with Gasteiger partial charge in [-0.1, -0.05) is 0 Å². The Morgan fingerprint density at radius 1 is 1.24 bits per heavy atom. The van der Waals surface area contributed by atoms with E-state index in [1.165, 1.54) is 35.2 Å². The molecule has 4 nitrogen and oxygen atoms in total. The van der Waals surface area contributed by atoms with Gasteiger partial charge >= 0.3 is 5.97 Å². The van der Waals surface area contributed by atoms with Crippen molar-refractivity contribution in [2.75, 3.05) is 17.7 Å². The van der Waals surface area contributed by atoms with Gasteiger partial charge in [0.25, 0.3) is 0 Å². The first kappa shape index (κ1) is 19.5. The van der Waals surface area contributed by atoms with Crippen LogP contribution < -0.4 is 5.32 Å². The van der Waals surface area contributed by atoms with E-state index in [0.29, 0.717) is 22.7 Å². The number of thiophene rings is 1. The molecule has 2 rings (SSSR count). The fourth-order valence-electron chi connectivity index (χ4n) is 2.15. The SMILES string of the molecule is CCOC(=O)c1c(NC(=O)CCSc2ccc(F)cc2)sc(C)c1C. The summed E-state index contributed by atoms with van der Waals surface area (Å²) in [6.07, 6.45) is 0.292. The molecule has 0 spiro atoms. The van der Waals surface area contributed by atoms with Crippen LogP contribution in [0, 0.1) is 19.7 Å². The average molecular weight is 381 g/mol. The zero-order chi connectivity index (χ0) is 18.4. The third-order valence-corrected chi connectivity index (χ3v) is 5.67. The molecular formula is C18H20FNO3S2. The number of esters is 1. The minimum Gasteiger partial charge on any atom is -0.462 e. The standard InChI is InChI=1S/C18H20FNO3S2/c1-4-23-18(22)16-11(2)12(3)25-17(16)20-15(21)9-10-24-14-7-5-13(19)6-8-14/h5-8H,4,9-10H2,1-3H3,(H,20,21). The number of amides is 1. The monoisotopic (exact) mass is 381 g/mol. The molecule has 0 bridgehead atoms. The Balaban J connectivity index is 1.95. The van der Waals surface area contributed by atoms with Crippen LogP contribution in [0.15, 0.2) is 29.2 Å². The number of hydrogen-bond acceptors (Lipinski definition) is 5. The van der Waals surface area contributed by atoms with Gasteiger partial charge in [0.15, 0.2) is 0 Å². The smallest absolute Gasteiger partial charge is 0.341 e. The molecule has 0 fully saturated rings. The molecule has 0 unspecified atom stereocenters. The molecule has 1 aromatic heterocycles. The summed E-state index contributed by atoms with van der Waals surface area (Å²) in [6.45, 7) is 5.78. The molecule has 1 N–H and O–H groups in total. The van der Waals surface area contributed by atoms with E-state index in [9.17, 15) is 14.0 Å². The van der Waals surface area contributed by atoms with E-state index in [-0.39, 0.29) is 18.3 Å². The lowest BCUT2D eigenvalue weighted by Gasteiger charge is -2.07. The number of ether oxygens (including phenoxy) is 1. The van der Waals surface area contributed by atoms with E-state index in [4.69, 9.17) is 4.74 Å². The highest BCUT2D eigenvalue weighted by molar-refractivity contribution is 7.99. The Bertz CT molecular complexity index is 756. The van der Waals surface area contributed by atoms with Crippen LogP contribution in [0.3, 0.4) is 0 Å². The molecule has 2 aromatic rings. The predicted octanol–water partition coefficient (Wildman–Crippen LogP) is 4.80. The Morgan fingerprint density at radius 2 is 1.92 bits per heavy atom. The van der Waals surface area contributed by atoms with Gasteiger partial charge in [-0.05, 0) is 50.6 Å². The van der Waals surface area contributed by atoms with E-state index in [0.717, 1.165) is 15.3 Å². The highest BCUT2D eigenvalue weighted by Crippen LogP contribution is 2.33. The van der Waals surface area contributed by atoms with Gasteiger partial charge in [-0.15, -0.1) is 23.1 Å². The van der Waals surface area contributed by atoms with Gasteiger partial charge < -0.3 is 10.1 Å². The first-order valence-corrected chi connectivity index (χ1v) is 9.68. The van der Waals surface area contributed by atoms with Crippen molar-refractivity contribution in [1.29, 1.82) is 0 Å². The summed E-state index contributed by atoms with van der Waals surface area (Å²) in [5, 5.41) is 3.34. The number of nitrogens with one attached hydrogen (secondary N) is 1. The zero-order valence-corrected chi connectivity index (χ0v) is 16.0. The number of carbonyl (C=O) groups excluding carboxylic acids is 2. The number of aryl methyl sites for hydroxylation is 1. The zero-order valence-electron chi connectivity index (χ0n) is 14.3. The lowest BCUT2D eigenvalue weighted by Crippen LogP contribution is -2.15. The maximum absolute atomic E-state index is 12.9. The minimum absolute atomic E-state index is 0.165. The van der Waals surface area contributed by atoms with E-state index < -0.39 is 5.97 Å². The van der Waals surface area contributed by atoms with E-state index in [1.807, 2.05) is 13.8 Å². The second kappa shape index (κ2) is 9.01. The summed E-state index contributed by atoms with van der Waals surface area (Å²) in [4.78, 5) is 26.2. The highest BCUT2D eigenvalue weighted by atomic mass is 32.2. The van der Waals surface area contributed by atoms with Crippen molar-refractivity contribution >= 4 is 40.0 Å². The van der Waals surface area contributed by atoms with Crippen molar-refractivity contribution in [3.63, 3.8) is 0 Å². The van der Waals surface area contributed by atoms with Gasteiger partial charge in [0.05, 0.1) is 12.2 Å². The van der Waals surface area contributed by atoms with Crippen LogP contribution in [0.2, 0.25) is 0 Å². The molecule has 1 amide bonds. The molecule has 0 atom stereocenters. The van der Waals surface area contributed by atoms with Crippen molar-refractivity contribution in [1.82, 2.24) is 0 Å². The van der Waals surface area contributed by atoms with Gasteiger partial charge in [-0.2, -0.15) is 0 Å². The molecule has 0 saturated carbocycles. The van der Waals surface area contributed by atoms with E-state index in [2.05, 4.69) is 5.32 Å². The number of rotatable bonds is 7. The number of halogens is 1. The van der Waals surface area contributed by atoms with Crippen molar-refractivity contribution < 1.29 is 18.7 Å². The molecule has 0 aliphatic rings. The maximum Gasteiger partial charge on any atom is 0.341 e. The predicted molar refractivity (Wildman–Crippen MR) is 100 cm³/mol.